The molecule has 0 amide bonds. The first-order chi connectivity index (χ1) is 15.7. The number of hydrogen-bond acceptors (Lipinski definition) is 4. The van der Waals surface area contributed by atoms with Crippen molar-refractivity contribution in [2.24, 2.45) is 0 Å². The molecule has 0 rings (SSSR count). The molecule has 0 aliphatic carbocycles. The quantitative estimate of drug-likeness (QED) is 0.0837. The number of carbonyl (C=O) groups is 2. The predicted octanol–water partition coefficient (Wildman–Crippen LogP) is 8.47. The van der Waals surface area contributed by atoms with Crippen LogP contribution in [-0.4, -0.2) is 25.2 Å². The van der Waals surface area contributed by atoms with Gasteiger partial charge >= 0.3 is 11.9 Å². The van der Waals surface area contributed by atoms with Crippen LogP contribution in [0.25, 0.3) is 0 Å². The van der Waals surface area contributed by atoms with E-state index < -0.39 is 11.9 Å². The molecule has 188 valence electrons. The number of carbonyl (C=O) groups excluding carboxylic acids is 2. The predicted molar refractivity (Wildman–Crippen MR) is 135 cm³/mol. The molecular weight excluding hydrogens is 400 g/mol. The van der Waals surface area contributed by atoms with E-state index in [1.165, 1.54) is 115 Å². The number of esters is 2. The van der Waals surface area contributed by atoms with Crippen molar-refractivity contribution >= 4 is 11.9 Å². The van der Waals surface area contributed by atoms with E-state index in [9.17, 15) is 9.59 Å². The van der Waals surface area contributed by atoms with Gasteiger partial charge < -0.3 is 9.47 Å². The first-order valence-corrected chi connectivity index (χ1v) is 13.7. The molecule has 0 aliphatic rings. The summed E-state index contributed by atoms with van der Waals surface area (Å²) in [6, 6.07) is 0. The molecule has 4 nitrogen and oxygen atoms in total. The maximum Gasteiger partial charge on any atom is 0.331 e. The summed E-state index contributed by atoms with van der Waals surface area (Å²) in [7, 11) is 0. The van der Waals surface area contributed by atoms with E-state index in [0.717, 1.165) is 25.7 Å². The van der Waals surface area contributed by atoms with E-state index in [1.807, 2.05) is 0 Å². The second-order valence-electron chi connectivity index (χ2n) is 9.03. The summed E-state index contributed by atoms with van der Waals surface area (Å²) in [4.78, 5) is 23.3. The summed E-state index contributed by atoms with van der Waals surface area (Å²) >= 11 is 0. The van der Waals surface area contributed by atoms with Crippen LogP contribution in [0.5, 0.6) is 0 Å². The summed E-state index contributed by atoms with van der Waals surface area (Å²) in [5.74, 6) is -0.923. The minimum atomic E-state index is -0.461. The lowest BCUT2D eigenvalue weighted by molar-refractivity contribution is -0.140. The fourth-order valence-electron chi connectivity index (χ4n) is 3.76. The Hall–Kier alpha value is -1.32. The van der Waals surface area contributed by atoms with Gasteiger partial charge in [0.15, 0.2) is 0 Å². The highest BCUT2D eigenvalue weighted by atomic mass is 16.5. The Kier molecular flexibility index (Phi) is 24.9. The Morgan fingerprint density at radius 1 is 0.438 bits per heavy atom. The lowest BCUT2D eigenvalue weighted by atomic mass is 10.1. The van der Waals surface area contributed by atoms with Crippen LogP contribution in [0.1, 0.15) is 142 Å². The maximum absolute atomic E-state index is 11.7. The average molecular weight is 453 g/mol. The minimum Gasteiger partial charge on any atom is -0.463 e. The zero-order valence-corrected chi connectivity index (χ0v) is 21.3. The highest BCUT2D eigenvalue weighted by molar-refractivity contribution is 5.91. The maximum atomic E-state index is 11.7. The number of unbranched alkanes of at least 4 members (excludes halogenated alkanes) is 18. The van der Waals surface area contributed by atoms with Crippen molar-refractivity contribution in [3.63, 3.8) is 0 Å². The largest absolute Gasteiger partial charge is 0.463 e. The van der Waals surface area contributed by atoms with Gasteiger partial charge in [0.25, 0.3) is 0 Å². The van der Waals surface area contributed by atoms with E-state index in [1.54, 1.807) is 0 Å². The fraction of sp³-hybridized carbons (Fsp3) is 0.857. The monoisotopic (exact) mass is 452 g/mol. The molecule has 0 radical (unpaired) electrons. The Labute approximate surface area is 198 Å². The molecular formula is C28H52O4. The van der Waals surface area contributed by atoms with Crippen LogP contribution in [0.2, 0.25) is 0 Å². The Morgan fingerprint density at radius 3 is 0.969 bits per heavy atom. The topological polar surface area (TPSA) is 52.6 Å². The molecule has 32 heavy (non-hydrogen) atoms. The van der Waals surface area contributed by atoms with Gasteiger partial charge in [-0.2, -0.15) is 0 Å². The van der Waals surface area contributed by atoms with Gasteiger partial charge in [-0.25, -0.2) is 9.59 Å². The number of hydrogen-bond donors (Lipinski definition) is 0. The molecule has 0 aliphatic heterocycles. The molecule has 0 aromatic carbocycles. The highest BCUT2D eigenvalue weighted by Gasteiger charge is 2.01. The van der Waals surface area contributed by atoms with Crippen molar-refractivity contribution in [3.8, 4) is 0 Å². The standard InChI is InChI=1S/C28H52O4/c1-3-5-7-9-11-13-15-17-19-21-25-31-27(29)23-24-28(30)32-26-22-20-18-16-14-12-10-8-6-4-2/h23-24H,3-22,25-26H2,1-2H3. The van der Waals surface area contributed by atoms with Crippen molar-refractivity contribution in [1.29, 1.82) is 0 Å². The van der Waals surface area contributed by atoms with E-state index >= 15 is 0 Å². The minimum absolute atomic E-state index is 0.424. The van der Waals surface area contributed by atoms with Crippen molar-refractivity contribution < 1.29 is 19.1 Å². The number of rotatable bonds is 24. The van der Waals surface area contributed by atoms with Crippen LogP contribution in [-0.2, 0) is 19.1 Å². The van der Waals surface area contributed by atoms with Crippen LogP contribution in [0.3, 0.4) is 0 Å². The van der Waals surface area contributed by atoms with Gasteiger partial charge in [0.05, 0.1) is 13.2 Å². The van der Waals surface area contributed by atoms with Crippen LogP contribution in [0.4, 0.5) is 0 Å². The zero-order valence-electron chi connectivity index (χ0n) is 21.3. The molecule has 0 bridgehead atoms. The van der Waals surface area contributed by atoms with Gasteiger partial charge in [0.1, 0.15) is 0 Å². The molecule has 0 saturated carbocycles. The van der Waals surface area contributed by atoms with Crippen molar-refractivity contribution in [1.82, 2.24) is 0 Å². The summed E-state index contributed by atoms with van der Waals surface area (Å²) < 4.78 is 10.3. The van der Waals surface area contributed by atoms with Gasteiger partial charge in [-0.3, -0.25) is 0 Å². The van der Waals surface area contributed by atoms with E-state index in [2.05, 4.69) is 13.8 Å². The lowest BCUT2D eigenvalue weighted by Gasteiger charge is -2.04. The Bertz CT molecular complexity index is 405. The van der Waals surface area contributed by atoms with Crippen molar-refractivity contribution in [3.05, 3.63) is 12.2 Å². The normalized spacial score (nSPS) is 11.2. The van der Waals surface area contributed by atoms with Crippen LogP contribution < -0.4 is 0 Å². The van der Waals surface area contributed by atoms with Gasteiger partial charge in [0.2, 0.25) is 0 Å². The molecule has 0 heterocycles. The third-order valence-corrected chi connectivity index (χ3v) is 5.84. The van der Waals surface area contributed by atoms with Crippen molar-refractivity contribution in [2.75, 3.05) is 13.2 Å². The van der Waals surface area contributed by atoms with Crippen molar-refractivity contribution in [2.45, 2.75) is 142 Å². The summed E-state index contributed by atoms with van der Waals surface area (Å²) in [5, 5.41) is 0. The molecule has 0 N–H and O–H groups in total. The Morgan fingerprint density at radius 2 is 0.688 bits per heavy atom. The smallest absolute Gasteiger partial charge is 0.331 e. The van der Waals surface area contributed by atoms with Crippen LogP contribution in [0, 0.1) is 0 Å². The molecule has 4 heteroatoms. The van der Waals surface area contributed by atoms with E-state index in [-0.39, 0.29) is 0 Å². The fourth-order valence-corrected chi connectivity index (χ4v) is 3.76. The molecule has 0 aromatic rings. The third kappa shape index (κ3) is 24.9. The summed E-state index contributed by atoms with van der Waals surface area (Å²) in [5.41, 5.74) is 0. The highest BCUT2D eigenvalue weighted by Crippen LogP contribution is 2.11. The first-order valence-electron chi connectivity index (χ1n) is 13.7. The second kappa shape index (κ2) is 25.9. The van der Waals surface area contributed by atoms with Gasteiger partial charge in [-0.1, -0.05) is 129 Å². The molecule has 0 atom stereocenters. The first kappa shape index (κ1) is 30.7. The lowest BCUT2D eigenvalue weighted by Crippen LogP contribution is -2.06. The van der Waals surface area contributed by atoms with Gasteiger partial charge in [-0.05, 0) is 12.8 Å². The summed E-state index contributed by atoms with van der Waals surface area (Å²) in [6.07, 6.45) is 27.3. The van der Waals surface area contributed by atoms with Crippen LogP contribution >= 0.6 is 0 Å². The molecule has 0 unspecified atom stereocenters. The summed E-state index contributed by atoms with van der Waals surface area (Å²) in [6.45, 7) is 5.34. The van der Waals surface area contributed by atoms with Gasteiger partial charge in [0, 0.05) is 12.2 Å². The van der Waals surface area contributed by atoms with Crippen LogP contribution in [0.15, 0.2) is 12.2 Å². The zero-order chi connectivity index (χ0) is 23.5. The molecule has 0 fully saturated rings. The SMILES string of the molecule is CCCCCCCCCCCCOC(=O)C=CC(=O)OCCCCCCCCCCCC. The Balaban J connectivity index is 3.39. The van der Waals surface area contributed by atoms with E-state index in [4.69, 9.17) is 9.47 Å². The molecule has 0 saturated heterocycles. The number of ether oxygens (including phenoxy) is 2. The van der Waals surface area contributed by atoms with Gasteiger partial charge in [-0.15, -0.1) is 0 Å². The second-order valence-corrected chi connectivity index (χ2v) is 9.03. The molecule has 0 aromatic heterocycles. The average Bonchev–Trinajstić information content (AvgIpc) is 2.79. The van der Waals surface area contributed by atoms with E-state index in [0.29, 0.717) is 13.2 Å². The third-order valence-electron chi connectivity index (χ3n) is 5.84. The molecule has 0 spiro atoms.